The average molecular weight is 1700 g/mol. The molecular weight excluding hydrogens is 1600 g/mol. The van der Waals surface area contributed by atoms with E-state index in [4.69, 9.17) is 54.3 Å². The molecule has 0 aliphatic rings. The normalized spacial score (nSPS) is 13.9. The second-order valence-electron chi connectivity index (χ2n) is 24.5. The number of rotatable bonds is 36. The average Bonchev–Trinajstić information content (AvgIpc) is 0.808. The molecule has 6 unspecified atom stereocenters. The Balaban J connectivity index is 0.000000211. The van der Waals surface area contributed by atoms with Crippen molar-refractivity contribution in [3.8, 4) is 34.5 Å². The zero-order chi connectivity index (χ0) is 80.8. The van der Waals surface area contributed by atoms with Crippen LogP contribution in [-0.2, 0) is 73.0 Å². The first-order valence-electron chi connectivity index (χ1n) is 37.2. The summed E-state index contributed by atoms with van der Waals surface area (Å²) in [5.41, 5.74) is 3.97. The Bertz CT molecular complexity index is 4590. The molecule has 0 fully saturated rings. The van der Waals surface area contributed by atoms with Crippen LogP contribution in [0, 0.1) is 6.92 Å². The SMILES string of the molecule is CCCCCCP(=O)(OCC)Oc1ccccc1.CCOP(=O)(Cc1ccc(Br)cc1)Oc1ccccc1.CCOP(=O)(Cc1ccc(C)cc1)Oc1ccccc1.CCOP(=O)(Cc1ccccc1)Oc1cccc2ccccc12.CCOP(=O)(Oc1ccccc1)c1ccccc1.CCOP(C)(=O)Oc1ccccc1. The number of fused-ring (bicyclic) bond motifs is 1. The van der Waals surface area contributed by atoms with Crippen molar-refractivity contribution in [1.29, 1.82) is 0 Å². The molecule has 25 heteroatoms. The molecule has 0 heterocycles. The summed E-state index contributed by atoms with van der Waals surface area (Å²) in [6, 6.07) is 93.3. The fourth-order valence-electron chi connectivity index (χ4n) is 10.3. The molecule has 0 amide bonds. The highest BCUT2D eigenvalue weighted by Gasteiger charge is 2.31. The zero-order valence-electron chi connectivity index (χ0n) is 65.2. The maximum Gasteiger partial charge on any atom is 0.410 e. The largest absolute Gasteiger partial charge is 0.425 e. The molecule has 112 heavy (non-hydrogen) atoms. The fourth-order valence-corrected chi connectivity index (χ4v) is 20.1. The van der Waals surface area contributed by atoms with Gasteiger partial charge >= 0.3 is 45.6 Å². The highest BCUT2D eigenvalue weighted by molar-refractivity contribution is 9.10. The summed E-state index contributed by atoms with van der Waals surface area (Å²) in [5.74, 6) is 3.44. The summed E-state index contributed by atoms with van der Waals surface area (Å²) in [5, 5.41) is 2.55. The summed E-state index contributed by atoms with van der Waals surface area (Å²) < 4.78 is 142. The molecule has 0 saturated carbocycles. The van der Waals surface area contributed by atoms with E-state index in [9.17, 15) is 27.4 Å². The van der Waals surface area contributed by atoms with Crippen LogP contribution >= 0.6 is 61.5 Å². The van der Waals surface area contributed by atoms with E-state index < -0.39 is 45.6 Å². The number of benzene rings is 11. The lowest BCUT2D eigenvalue weighted by atomic mass is 10.1. The van der Waals surface area contributed by atoms with E-state index in [1.807, 2.05) is 265 Å². The molecule has 6 atom stereocenters. The minimum atomic E-state index is -3.29. The quantitative estimate of drug-likeness (QED) is 0.0264. The van der Waals surface area contributed by atoms with Gasteiger partial charge in [-0.25, -0.2) is 27.4 Å². The lowest BCUT2D eigenvalue weighted by Crippen LogP contribution is -2.12. The van der Waals surface area contributed by atoms with Gasteiger partial charge < -0.3 is 36.2 Å². The molecule has 598 valence electrons. The Morgan fingerprint density at radius 3 is 1.06 bits per heavy atom. The molecule has 0 radical (unpaired) electrons. The van der Waals surface area contributed by atoms with Crippen LogP contribution in [0.15, 0.2) is 308 Å². The first kappa shape index (κ1) is 93.0. The van der Waals surface area contributed by atoms with Crippen LogP contribution in [0.5, 0.6) is 34.5 Å². The van der Waals surface area contributed by atoms with Crippen molar-refractivity contribution in [3.05, 3.63) is 330 Å². The second-order valence-corrected chi connectivity index (χ2v) is 37.4. The van der Waals surface area contributed by atoms with Gasteiger partial charge in [0.25, 0.3) is 0 Å². The molecule has 0 aliphatic heterocycles. The van der Waals surface area contributed by atoms with E-state index in [1.165, 1.54) is 18.6 Å². The van der Waals surface area contributed by atoms with Gasteiger partial charge in [-0.15, -0.1) is 0 Å². The molecule has 0 spiro atoms. The summed E-state index contributed by atoms with van der Waals surface area (Å²) >= 11 is 3.38. The lowest BCUT2D eigenvalue weighted by molar-refractivity contribution is 0.277. The summed E-state index contributed by atoms with van der Waals surface area (Å²) in [7, 11) is -18.8. The predicted octanol–water partition coefficient (Wildman–Crippen LogP) is 27.1. The standard InChI is InChI=1S/C19H19O3P.C16H19O3P.C15H16BrO3P.C14H15O3P.C14H23O3P.C9H13O3P/c1-2-21-23(20,15-16-9-4-3-5-10-16)22-19-14-8-12-17-11-6-7-13-18(17)19;1-3-18-20(17,19-16-7-5-4-6-8-16)13-15-11-9-14(2)10-12-15;1-2-18-20(17,19-15-6-4-3-5-7-15)12-13-8-10-14(16)11-9-13;1-2-16-18(15,14-11-7-4-8-12-14)17-13-9-5-3-6-10-13;1-3-5-6-10-13-18(15,16-4-2)17-14-11-8-7-9-12-14;1-3-11-13(2,10)12-9-7-5-4-6-8-9/h3-14H,2,15H2,1H3;4-12H,3,13H2,1-2H3;3-11H,2,12H2,1H3;3-12H,2H2,1H3;7-9,11-12H,3-6,10,13H2,1-2H3;4-8H,3H2,1-2H3. The van der Waals surface area contributed by atoms with Crippen molar-refractivity contribution in [3.63, 3.8) is 0 Å². The van der Waals surface area contributed by atoms with Gasteiger partial charge in [-0.3, -0.25) is 18.1 Å². The van der Waals surface area contributed by atoms with Crippen LogP contribution < -0.4 is 32.4 Å². The van der Waals surface area contributed by atoms with Crippen LogP contribution in [0.1, 0.15) is 96.4 Å². The first-order valence-corrected chi connectivity index (χ1v) is 48.5. The highest BCUT2D eigenvalue weighted by atomic mass is 79.9. The summed E-state index contributed by atoms with van der Waals surface area (Å²) in [6.07, 6.45) is 5.57. The third kappa shape index (κ3) is 35.6. The van der Waals surface area contributed by atoms with Crippen molar-refractivity contribution in [2.45, 2.75) is 99.6 Å². The highest BCUT2D eigenvalue weighted by Crippen LogP contribution is 2.55. The molecule has 0 bridgehead atoms. The van der Waals surface area contributed by atoms with E-state index in [1.54, 1.807) is 86.6 Å². The van der Waals surface area contributed by atoms with Crippen LogP contribution in [0.2, 0.25) is 0 Å². The van der Waals surface area contributed by atoms with Gasteiger partial charge in [-0.2, -0.15) is 0 Å². The monoisotopic (exact) mass is 1700 g/mol. The molecule has 0 saturated heterocycles. The molecule has 11 rings (SSSR count). The van der Waals surface area contributed by atoms with Gasteiger partial charge in [-0.05, 0) is 168 Å². The molecule has 0 N–H and O–H groups in total. The predicted molar refractivity (Wildman–Crippen MR) is 459 cm³/mol. The van der Waals surface area contributed by atoms with Crippen molar-refractivity contribution in [2.24, 2.45) is 0 Å². The van der Waals surface area contributed by atoms with Crippen LogP contribution in [0.3, 0.4) is 0 Å². The maximum absolute atomic E-state index is 13.2. The number of aryl methyl sites for hydroxylation is 1. The van der Waals surface area contributed by atoms with Crippen LogP contribution in [0.25, 0.3) is 10.8 Å². The van der Waals surface area contributed by atoms with Gasteiger partial charge in [0.2, 0.25) is 0 Å². The summed E-state index contributed by atoms with van der Waals surface area (Å²) in [4.78, 5) is 0. The minimum Gasteiger partial charge on any atom is -0.425 e. The molecule has 11 aromatic rings. The minimum absolute atomic E-state index is 0.253. The molecule has 0 aliphatic carbocycles. The Morgan fingerprint density at radius 2 is 0.634 bits per heavy atom. The number of para-hydroxylation sites is 5. The first-order chi connectivity index (χ1) is 54.0. The van der Waals surface area contributed by atoms with E-state index in [0.717, 1.165) is 51.2 Å². The second kappa shape index (κ2) is 50.4. The van der Waals surface area contributed by atoms with Gasteiger partial charge in [0.15, 0.2) is 0 Å². The number of hydrogen-bond acceptors (Lipinski definition) is 18. The van der Waals surface area contributed by atoms with Crippen molar-refractivity contribution in [2.75, 3.05) is 52.5 Å². The van der Waals surface area contributed by atoms with E-state index in [-0.39, 0.29) is 18.5 Å². The van der Waals surface area contributed by atoms with Gasteiger partial charge in [0, 0.05) is 16.5 Å². The van der Waals surface area contributed by atoms with E-state index >= 15 is 0 Å². The van der Waals surface area contributed by atoms with E-state index in [2.05, 4.69) is 22.9 Å². The molecule has 0 aromatic heterocycles. The van der Waals surface area contributed by atoms with Gasteiger partial charge in [0.1, 0.15) is 34.5 Å². The van der Waals surface area contributed by atoms with E-state index in [0.29, 0.717) is 85.6 Å². The Labute approximate surface area is 671 Å². The van der Waals surface area contributed by atoms with Crippen LogP contribution in [0.4, 0.5) is 0 Å². The van der Waals surface area contributed by atoms with Gasteiger partial charge in [-0.1, -0.05) is 260 Å². The third-order valence-corrected chi connectivity index (χ3v) is 26.7. The van der Waals surface area contributed by atoms with Gasteiger partial charge in [0.05, 0.1) is 69.6 Å². The Kier molecular flexibility index (Phi) is 41.8. The van der Waals surface area contributed by atoms with Crippen molar-refractivity contribution >= 4 is 77.6 Å². The van der Waals surface area contributed by atoms with Crippen molar-refractivity contribution < 1.29 is 81.7 Å². The number of halogens is 1. The maximum atomic E-state index is 13.2. The number of hydrogen-bond donors (Lipinski definition) is 0. The molecular formula is C87H105BrO18P6. The third-order valence-electron chi connectivity index (χ3n) is 15.3. The topological polar surface area (TPSA) is 213 Å². The van der Waals surface area contributed by atoms with Crippen molar-refractivity contribution in [1.82, 2.24) is 0 Å². The lowest BCUT2D eigenvalue weighted by Gasteiger charge is -2.20. The summed E-state index contributed by atoms with van der Waals surface area (Å²) in [6.45, 7) is 18.7. The fraction of sp³-hybridized carbons (Fsp3) is 0.264. The smallest absolute Gasteiger partial charge is 0.410 e. The van der Waals surface area contributed by atoms with Crippen LogP contribution in [-0.4, -0.2) is 52.5 Å². The number of unbranched alkanes of at least 4 members (excludes halogenated alkanes) is 3. The molecule has 11 aromatic carbocycles. The molecule has 18 nitrogen and oxygen atoms in total. The Morgan fingerprint density at radius 1 is 0.295 bits per heavy atom. The zero-order valence-corrected chi connectivity index (χ0v) is 72.1. The Hall–Kier alpha value is -7.90.